The van der Waals surface area contributed by atoms with Gasteiger partial charge in [-0.15, -0.1) is 11.3 Å². The van der Waals surface area contributed by atoms with Crippen LogP contribution in [0.5, 0.6) is 0 Å². The quantitative estimate of drug-likeness (QED) is 0.185. The molecule has 0 saturated heterocycles. The minimum Gasteiger partial charge on any atom is -0.455 e. The second kappa shape index (κ2) is 11.7. The van der Waals surface area contributed by atoms with Gasteiger partial charge in [0.25, 0.3) is 0 Å². The summed E-state index contributed by atoms with van der Waals surface area (Å²) in [7, 11) is 0. The van der Waals surface area contributed by atoms with Crippen molar-refractivity contribution < 1.29 is 4.42 Å². The first-order valence-electron chi connectivity index (χ1n) is 18.0. The molecule has 3 heterocycles. The van der Waals surface area contributed by atoms with Crippen LogP contribution in [-0.4, -0.2) is 15.0 Å². The fraction of sp³-hybridized carbons (Fsp3) is 0.0851. The van der Waals surface area contributed by atoms with Crippen molar-refractivity contribution in [1.82, 2.24) is 15.0 Å². The second-order valence-corrected chi connectivity index (χ2v) is 14.8. The van der Waals surface area contributed by atoms with Crippen molar-refractivity contribution in [2.75, 3.05) is 0 Å². The molecule has 0 saturated carbocycles. The van der Waals surface area contributed by atoms with Gasteiger partial charge in [0.05, 0.1) is 0 Å². The number of benzene rings is 6. The lowest BCUT2D eigenvalue weighted by Crippen LogP contribution is -2.07. The highest BCUT2D eigenvalue weighted by atomic mass is 32.1. The topological polar surface area (TPSA) is 51.8 Å². The Labute approximate surface area is 304 Å². The van der Waals surface area contributed by atoms with E-state index in [-0.39, 0.29) is 0 Å². The van der Waals surface area contributed by atoms with E-state index in [1.165, 1.54) is 42.1 Å². The number of thiophene rings is 1. The highest BCUT2D eigenvalue weighted by molar-refractivity contribution is 7.26. The first kappa shape index (κ1) is 29.5. The molecule has 0 spiro atoms. The van der Waals surface area contributed by atoms with Crippen molar-refractivity contribution in [1.29, 1.82) is 0 Å². The van der Waals surface area contributed by atoms with Gasteiger partial charge in [-0.25, -0.2) is 15.0 Å². The molecule has 2 aliphatic carbocycles. The summed E-state index contributed by atoms with van der Waals surface area (Å²) in [4.78, 5) is 15.9. The number of furan rings is 1. The molecule has 4 nitrogen and oxygen atoms in total. The van der Waals surface area contributed by atoms with Crippen LogP contribution in [0.25, 0.3) is 92.4 Å². The van der Waals surface area contributed by atoms with Crippen LogP contribution in [0.3, 0.4) is 0 Å². The van der Waals surface area contributed by atoms with Gasteiger partial charge in [-0.2, -0.15) is 0 Å². The molecule has 5 heteroatoms. The number of aromatic nitrogens is 3. The lowest BCUT2D eigenvalue weighted by atomic mass is 9.86. The lowest BCUT2D eigenvalue weighted by Gasteiger charge is -2.21. The molecule has 0 bridgehead atoms. The monoisotopic (exact) mass is 685 g/mol. The molecule has 0 unspecified atom stereocenters. The van der Waals surface area contributed by atoms with Crippen LogP contribution in [0, 0.1) is 0 Å². The third-order valence-electron chi connectivity index (χ3n) is 10.7. The molecule has 11 rings (SSSR count). The van der Waals surface area contributed by atoms with E-state index in [9.17, 15) is 0 Å². The van der Waals surface area contributed by atoms with E-state index >= 15 is 0 Å². The van der Waals surface area contributed by atoms with Gasteiger partial charge in [0, 0.05) is 47.6 Å². The van der Waals surface area contributed by atoms with Gasteiger partial charge in [0.1, 0.15) is 11.2 Å². The maximum Gasteiger partial charge on any atom is 0.165 e. The molecule has 52 heavy (non-hydrogen) atoms. The molecule has 3 aromatic heterocycles. The van der Waals surface area contributed by atoms with E-state index in [2.05, 4.69) is 140 Å². The van der Waals surface area contributed by atoms with Gasteiger partial charge in [-0.3, -0.25) is 0 Å². The van der Waals surface area contributed by atoms with Crippen molar-refractivity contribution in [2.45, 2.75) is 25.7 Å². The highest BCUT2D eigenvalue weighted by Gasteiger charge is 2.23. The van der Waals surface area contributed by atoms with Crippen LogP contribution in [0.2, 0.25) is 0 Å². The summed E-state index contributed by atoms with van der Waals surface area (Å²) in [5.74, 6) is 2.09. The zero-order valence-electron chi connectivity index (χ0n) is 28.3. The first-order valence-corrected chi connectivity index (χ1v) is 18.8. The molecule has 0 amide bonds. The molecular weight excluding hydrogens is 655 g/mol. The normalized spacial score (nSPS) is 14.6. The summed E-state index contributed by atoms with van der Waals surface area (Å²) >= 11 is 1.80. The Morgan fingerprint density at radius 1 is 0.577 bits per heavy atom. The number of para-hydroxylation sites is 1. The predicted octanol–water partition coefficient (Wildman–Crippen LogP) is 13.1. The number of allylic oxidation sites excluding steroid dienone is 6. The molecule has 0 atom stereocenters. The Bertz CT molecular complexity index is 3030. The Morgan fingerprint density at radius 3 is 2.27 bits per heavy atom. The summed E-state index contributed by atoms with van der Waals surface area (Å²) in [6, 6.07) is 42.9. The van der Waals surface area contributed by atoms with Crippen LogP contribution in [-0.2, 0) is 0 Å². The zero-order valence-corrected chi connectivity index (χ0v) is 29.1. The van der Waals surface area contributed by atoms with Crippen molar-refractivity contribution in [3.8, 4) is 33.9 Å². The molecule has 0 radical (unpaired) electrons. The Morgan fingerprint density at radius 2 is 1.33 bits per heavy atom. The van der Waals surface area contributed by atoms with Gasteiger partial charge in [0.2, 0.25) is 0 Å². The smallest absolute Gasteiger partial charge is 0.165 e. The van der Waals surface area contributed by atoms with E-state index in [0.29, 0.717) is 11.6 Å². The van der Waals surface area contributed by atoms with Crippen molar-refractivity contribution >= 4 is 69.8 Å². The van der Waals surface area contributed by atoms with Gasteiger partial charge in [0.15, 0.2) is 17.5 Å². The highest BCUT2D eigenvalue weighted by Crippen LogP contribution is 2.43. The average molecular weight is 686 g/mol. The van der Waals surface area contributed by atoms with Gasteiger partial charge in [-0.1, -0.05) is 115 Å². The molecule has 9 aromatic rings. The van der Waals surface area contributed by atoms with Crippen molar-refractivity contribution in [3.63, 3.8) is 0 Å². The van der Waals surface area contributed by atoms with Crippen LogP contribution >= 0.6 is 11.3 Å². The molecule has 0 aliphatic heterocycles. The number of hydrogen-bond acceptors (Lipinski definition) is 5. The molecule has 6 aromatic carbocycles. The van der Waals surface area contributed by atoms with Crippen LogP contribution in [0.15, 0.2) is 155 Å². The van der Waals surface area contributed by atoms with Gasteiger partial charge < -0.3 is 4.42 Å². The lowest BCUT2D eigenvalue weighted by molar-refractivity contribution is 0.670. The summed E-state index contributed by atoms with van der Waals surface area (Å²) in [6.07, 6.45) is 11.1. The molecule has 0 fully saturated rings. The summed E-state index contributed by atoms with van der Waals surface area (Å²) in [5, 5.41) is 6.97. The average Bonchev–Trinajstić information content (AvgIpc) is 3.79. The van der Waals surface area contributed by atoms with Crippen molar-refractivity contribution in [3.05, 3.63) is 157 Å². The van der Waals surface area contributed by atoms with Crippen LogP contribution in [0.4, 0.5) is 0 Å². The van der Waals surface area contributed by atoms with Gasteiger partial charge in [-0.05, 0) is 83.5 Å². The third-order valence-corrected chi connectivity index (χ3v) is 12.0. The molecular formula is C47H31N3OS. The second-order valence-electron chi connectivity index (χ2n) is 13.8. The number of rotatable bonds is 4. The summed E-state index contributed by atoms with van der Waals surface area (Å²) in [5.41, 5.74) is 9.84. The summed E-state index contributed by atoms with van der Waals surface area (Å²) < 4.78 is 9.18. The first-order chi connectivity index (χ1) is 25.7. The molecule has 246 valence electrons. The third kappa shape index (κ3) is 4.70. The summed E-state index contributed by atoms with van der Waals surface area (Å²) in [6.45, 7) is 0. The van der Waals surface area contributed by atoms with E-state index < -0.39 is 0 Å². The Kier molecular flexibility index (Phi) is 6.64. The minimum absolute atomic E-state index is 0.655. The van der Waals surface area contributed by atoms with Crippen LogP contribution < -0.4 is 0 Å². The molecule has 0 N–H and O–H groups in total. The van der Waals surface area contributed by atoms with E-state index in [1.54, 1.807) is 11.3 Å². The number of fused-ring (bicyclic) bond motifs is 7. The van der Waals surface area contributed by atoms with E-state index in [4.69, 9.17) is 19.4 Å². The van der Waals surface area contributed by atoms with Crippen molar-refractivity contribution in [2.24, 2.45) is 0 Å². The standard InChI is InChI=1S/C47H31N3OS/c1-3-12-30-26-32(24-22-28(30)10-1)34-15-7-17-37-42-38(18-9-20-40(42)51-43(34)37)46-48-45(33-25-23-29-11-2-4-13-31(29)27-33)49-47(50-46)39-19-8-16-36-35-14-5-6-21-41(35)52-44(36)39/h1,3-10,12-22,24,26-27H,2,11,23,25H2. The Balaban J connectivity index is 1.14. The van der Waals surface area contributed by atoms with E-state index in [1.807, 2.05) is 0 Å². The number of hydrogen-bond donors (Lipinski definition) is 0. The fourth-order valence-electron chi connectivity index (χ4n) is 8.17. The predicted molar refractivity (Wildman–Crippen MR) is 216 cm³/mol. The largest absolute Gasteiger partial charge is 0.455 e. The zero-order chi connectivity index (χ0) is 34.2. The SMILES string of the molecule is C1=CC2=C(CC1)CCC(c1nc(-c3cccc4c3sc3ccccc34)nc(-c3cccc4oc5c(-c6ccc7ccccc7c6)cccc5c34)n1)=C2. The van der Waals surface area contributed by atoms with E-state index in [0.717, 1.165) is 81.3 Å². The molecule has 2 aliphatic rings. The number of nitrogens with zero attached hydrogens (tertiary/aromatic N) is 3. The van der Waals surface area contributed by atoms with Gasteiger partial charge >= 0.3 is 0 Å². The fourth-order valence-corrected chi connectivity index (χ4v) is 9.39. The maximum atomic E-state index is 6.73. The Hall–Kier alpha value is -6.17. The van der Waals surface area contributed by atoms with Crippen LogP contribution in [0.1, 0.15) is 31.5 Å². The minimum atomic E-state index is 0.655. The maximum absolute atomic E-state index is 6.73.